The first-order valence-corrected chi connectivity index (χ1v) is 7.14. The van der Waals surface area contributed by atoms with Gasteiger partial charge >= 0.3 is 0 Å². The highest BCUT2D eigenvalue weighted by Crippen LogP contribution is 2.36. The van der Waals surface area contributed by atoms with Crippen molar-refractivity contribution in [1.82, 2.24) is 5.32 Å². The van der Waals surface area contributed by atoms with E-state index in [1.807, 2.05) is 24.3 Å². The van der Waals surface area contributed by atoms with Crippen LogP contribution >= 0.6 is 15.9 Å². The molecule has 1 atom stereocenters. The summed E-state index contributed by atoms with van der Waals surface area (Å²) in [6.07, 6.45) is 3.47. The second-order valence-electron chi connectivity index (χ2n) is 4.57. The van der Waals surface area contributed by atoms with Gasteiger partial charge in [0.1, 0.15) is 0 Å². The summed E-state index contributed by atoms with van der Waals surface area (Å²) in [5.74, 6) is 0.810. The number of rotatable bonds is 5. The summed E-state index contributed by atoms with van der Waals surface area (Å²) in [5, 5.41) is 3.01. The van der Waals surface area contributed by atoms with E-state index in [9.17, 15) is 4.79 Å². The lowest BCUT2D eigenvalue weighted by atomic mass is 10.0. The normalized spacial score (nSPS) is 16.6. The molecule has 0 saturated heterocycles. The lowest BCUT2D eigenvalue weighted by Gasteiger charge is -2.11. The molecule has 0 heterocycles. The summed E-state index contributed by atoms with van der Waals surface area (Å²) in [6, 6.07) is 7.81. The van der Waals surface area contributed by atoms with Gasteiger partial charge in [0.05, 0.1) is 0 Å². The molecule has 0 bridgehead atoms. The highest BCUT2D eigenvalue weighted by Gasteiger charge is 2.29. The average Bonchev–Trinajstić information content (AvgIpc) is 3.19. The van der Waals surface area contributed by atoms with Crippen LogP contribution in [0.3, 0.4) is 0 Å². The van der Waals surface area contributed by atoms with Gasteiger partial charge in [-0.2, -0.15) is 0 Å². The lowest BCUT2D eigenvalue weighted by Crippen LogP contribution is -2.31. The molecule has 0 aliphatic heterocycles. The van der Waals surface area contributed by atoms with Crippen molar-refractivity contribution in [3.05, 3.63) is 35.4 Å². The van der Waals surface area contributed by atoms with Gasteiger partial charge < -0.3 is 5.32 Å². The third-order valence-corrected chi connectivity index (χ3v) is 4.31. The number of alkyl halides is 1. The van der Waals surface area contributed by atoms with Gasteiger partial charge in [0.15, 0.2) is 0 Å². The van der Waals surface area contributed by atoms with Crippen molar-refractivity contribution in [1.29, 1.82) is 0 Å². The van der Waals surface area contributed by atoms with Gasteiger partial charge in [-0.1, -0.05) is 41.1 Å². The van der Waals surface area contributed by atoms with E-state index in [2.05, 4.69) is 28.2 Å². The van der Waals surface area contributed by atoms with Crippen LogP contribution in [0, 0.1) is 5.92 Å². The Bertz CT molecular complexity index is 401. The predicted octanol–water partition coefficient (Wildman–Crippen LogP) is 3.15. The third-order valence-electron chi connectivity index (χ3n) is 3.23. The fraction of sp³-hybridized carbons (Fsp3) is 0.500. The Labute approximate surface area is 111 Å². The Morgan fingerprint density at radius 2 is 2.18 bits per heavy atom. The topological polar surface area (TPSA) is 29.1 Å². The van der Waals surface area contributed by atoms with Crippen molar-refractivity contribution in [2.24, 2.45) is 5.92 Å². The van der Waals surface area contributed by atoms with E-state index >= 15 is 0 Å². The first-order valence-electron chi connectivity index (χ1n) is 6.22. The number of nitrogens with one attached hydrogen (secondary N) is 1. The molecule has 1 aromatic carbocycles. The van der Waals surface area contributed by atoms with Gasteiger partial charge in [0.2, 0.25) is 0 Å². The zero-order valence-electron chi connectivity index (χ0n) is 10.1. The van der Waals surface area contributed by atoms with Crippen LogP contribution in [-0.4, -0.2) is 17.3 Å². The summed E-state index contributed by atoms with van der Waals surface area (Å²) >= 11 is 3.63. The number of carbonyl (C=O) groups is 1. The fourth-order valence-corrected chi connectivity index (χ4v) is 2.65. The van der Waals surface area contributed by atoms with E-state index in [-0.39, 0.29) is 5.91 Å². The van der Waals surface area contributed by atoms with Gasteiger partial charge in [-0.3, -0.25) is 4.79 Å². The standard InChI is InChI=1S/C14H18BrNO/c1-2-10-5-3-4-6-12(10)14(17)16-9-13(15)11-7-8-11/h3-6,11,13H,2,7-9H2,1H3,(H,16,17). The number of carbonyl (C=O) groups excluding carboxylic acids is 1. The Hall–Kier alpha value is -0.830. The van der Waals surface area contributed by atoms with E-state index in [0.29, 0.717) is 4.83 Å². The first kappa shape index (κ1) is 12.6. The van der Waals surface area contributed by atoms with Crippen LogP contribution in [0.5, 0.6) is 0 Å². The van der Waals surface area contributed by atoms with E-state index in [0.717, 1.165) is 30.0 Å². The number of hydrogen-bond acceptors (Lipinski definition) is 1. The minimum absolute atomic E-state index is 0.0487. The molecule has 0 radical (unpaired) electrons. The van der Waals surface area contributed by atoms with Crippen LogP contribution in [0.1, 0.15) is 35.7 Å². The molecule has 3 heteroatoms. The molecule has 2 nitrogen and oxygen atoms in total. The van der Waals surface area contributed by atoms with Gasteiger partial charge in [0, 0.05) is 16.9 Å². The molecule has 1 aliphatic rings. The maximum Gasteiger partial charge on any atom is 0.251 e. The van der Waals surface area contributed by atoms with Crippen molar-refractivity contribution >= 4 is 21.8 Å². The predicted molar refractivity (Wildman–Crippen MR) is 73.6 cm³/mol. The van der Waals surface area contributed by atoms with E-state index in [1.54, 1.807) is 0 Å². The van der Waals surface area contributed by atoms with Gasteiger partial charge in [-0.15, -0.1) is 0 Å². The summed E-state index contributed by atoms with van der Waals surface area (Å²) in [4.78, 5) is 12.5. The number of hydrogen-bond donors (Lipinski definition) is 1. The molecule has 92 valence electrons. The van der Waals surface area contributed by atoms with Crippen LogP contribution in [0.4, 0.5) is 0 Å². The maximum atomic E-state index is 12.0. The smallest absolute Gasteiger partial charge is 0.251 e. The van der Waals surface area contributed by atoms with Crippen LogP contribution in [-0.2, 0) is 6.42 Å². The number of aryl methyl sites for hydroxylation is 1. The van der Waals surface area contributed by atoms with Crippen LogP contribution < -0.4 is 5.32 Å². The Morgan fingerprint density at radius 1 is 1.47 bits per heavy atom. The molecule has 1 amide bonds. The third kappa shape index (κ3) is 3.32. The molecule has 1 aliphatic carbocycles. The second-order valence-corrected chi connectivity index (χ2v) is 5.75. The van der Waals surface area contributed by atoms with Gasteiger partial charge in [-0.25, -0.2) is 0 Å². The van der Waals surface area contributed by atoms with E-state index < -0.39 is 0 Å². The van der Waals surface area contributed by atoms with Crippen LogP contribution in [0.15, 0.2) is 24.3 Å². The molecular formula is C14H18BrNO. The highest BCUT2D eigenvalue weighted by molar-refractivity contribution is 9.09. The number of benzene rings is 1. The second kappa shape index (κ2) is 5.67. The largest absolute Gasteiger partial charge is 0.351 e. The zero-order chi connectivity index (χ0) is 12.3. The SMILES string of the molecule is CCc1ccccc1C(=O)NCC(Br)C1CC1. The Balaban J connectivity index is 1.94. The Kier molecular flexibility index (Phi) is 4.21. The molecule has 2 rings (SSSR count). The minimum Gasteiger partial charge on any atom is -0.351 e. The number of halogens is 1. The van der Waals surface area contributed by atoms with Crippen molar-refractivity contribution in [2.75, 3.05) is 6.54 Å². The van der Waals surface area contributed by atoms with Crippen LogP contribution in [0.25, 0.3) is 0 Å². The van der Waals surface area contributed by atoms with Gasteiger partial charge in [-0.05, 0) is 36.8 Å². The average molecular weight is 296 g/mol. The minimum atomic E-state index is 0.0487. The highest BCUT2D eigenvalue weighted by atomic mass is 79.9. The van der Waals surface area contributed by atoms with Crippen molar-refractivity contribution in [2.45, 2.75) is 31.0 Å². The lowest BCUT2D eigenvalue weighted by molar-refractivity contribution is 0.0952. The van der Waals surface area contributed by atoms with Crippen molar-refractivity contribution < 1.29 is 4.79 Å². The summed E-state index contributed by atoms with van der Waals surface area (Å²) < 4.78 is 0. The molecule has 1 aromatic rings. The summed E-state index contributed by atoms with van der Waals surface area (Å²) in [7, 11) is 0. The Morgan fingerprint density at radius 3 is 2.82 bits per heavy atom. The maximum absolute atomic E-state index is 12.0. The molecular weight excluding hydrogens is 278 g/mol. The molecule has 0 spiro atoms. The summed E-state index contributed by atoms with van der Waals surface area (Å²) in [6.45, 7) is 2.80. The van der Waals surface area contributed by atoms with Crippen molar-refractivity contribution in [3.8, 4) is 0 Å². The van der Waals surface area contributed by atoms with Gasteiger partial charge in [0.25, 0.3) is 5.91 Å². The molecule has 1 fully saturated rings. The van der Waals surface area contributed by atoms with Crippen molar-refractivity contribution in [3.63, 3.8) is 0 Å². The molecule has 1 unspecified atom stereocenters. The molecule has 0 aromatic heterocycles. The quantitative estimate of drug-likeness (QED) is 0.831. The molecule has 1 saturated carbocycles. The van der Waals surface area contributed by atoms with Crippen LogP contribution in [0.2, 0.25) is 0 Å². The molecule has 1 N–H and O–H groups in total. The fourth-order valence-electron chi connectivity index (χ4n) is 1.96. The zero-order valence-corrected chi connectivity index (χ0v) is 11.7. The monoisotopic (exact) mass is 295 g/mol. The molecule has 17 heavy (non-hydrogen) atoms. The summed E-state index contributed by atoms with van der Waals surface area (Å²) in [5.41, 5.74) is 1.92. The number of amides is 1. The first-order chi connectivity index (χ1) is 8.22. The van der Waals surface area contributed by atoms with E-state index in [1.165, 1.54) is 12.8 Å². The van der Waals surface area contributed by atoms with E-state index in [4.69, 9.17) is 0 Å².